The second-order valence-corrected chi connectivity index (χ2v) is 6.52. The second kappa shape index (κ2) is 11.1. The third-order valence-electron chi connectivity index (χ3n) is 4.28. The van der Waals surface area contributed by atoms with Gasteiger partial charge in [-0.15, -0.1) is 0 Å². The van der Waals surface area contributed by atoms with Crippen molar-refractivity contribution in [2.24, 2.45) is 0 Å². The predicted molar refractivity (Wildman–Crippen MR) is 110 cm³/mol. The molecule has 1 unspecified atom stereocenters. The highest BCUT2D eigenvalue weighted by Gasteiger charge is 2.16. The fourth-order valence-electron chi connectivity index (χ4n) is 2.40. The Balaban J connectivity index is 1.79. The van der Waals surface area contributed by atoms with E-state index >= 15 is 0 Å². The zero-order valence-electron chi connectivity index (χ0n) is 17.3. The van der Waals surface area contributed by atoms with Crippen molar-refractivity contribution in [3.63, 3.8) is 0 Å². The molecule has 0 aliphatic carbocycles. The van der Waals surface area contributed by atoms with E-state index in [1.807, 2.05) is 39.0 Å². The van der Waals surface area contributed by atoms with Crippen molar-refractivity contribution in [3.05, 3.63) is 59.2 Å². The highest BCUT2D eigenvalue weighted by atomic mass is 16.5. The monoisotopic (exact) mass is 400 g/mol. The molecule has 2 rings (SSSR count). The van der Waals surface area contributed by atoms with Gasteiger partial charge < -0.3 is 14.2 Å². The maximum absolute atomic E-state index is 12.2. The molecule has 2 aromatic rings. The van der Waals surface area contributed by atoms with E-state index in [1.54, 1.807) is 31.2 Å². The summed E-state index contributed by atoms with van der Waals surface area (Å²) in [6, 6.07) is 12.2. The number of carbonyl (C=O) groups is 2. The number of aryl methyl sites for hydroxylation is 2. The minimum absolute atomic E-state index is 0.394. The molecule has 7 heteroatoms. The first-order valence-electron chi connectivity index (χ1n) is 9.55. The molecule has 0 fully saturated rings. The summed E-state index contributed by atoms with van der Waals surface area (Å²) in [5.41, 5.74) is 7.38. The Kier molecular flexibility index (Phi) is 8.48. The lowest BCUT2D eigenvalue weighted by Gasteiger charge is -2.16. The van der Waals surface area contributed by atoms with Gasteiger partial charge in [-0.3, -0.25) is 20.4 Å². The molecule has 156 valence electrons. The number of benzene rings is 2. The van der Waals surface area contributed by atoms with Crippen molar-refractivity contribution < 1.29 is 23.8 Å². The Morgan fingerprint density at radius 1 is 0.931 bits per heavy atom. The molecule has 0 radical (unpaired) electrons. The quantitative estimate of drug-likeness (QED) is 0.499. The van der Waals surface area contributed by atoms with Crippen molar-refractivity contribution in [2.75, 3.05) is 19.8 Å². The molecule has 0 aromatic heterocycles. The molecular formula is C22H28N2O5. The number of nitrogens with one attached hydrogen (secondary N) is 2. The normalized spacial score (nSPS) is 11.4. The average molecular weight is 400 g/mol. The first-order chi connectivity index (χ1) is 13.9. The number of ether oxygens (including phenoxy) is 3. The van der Waals surface area contributed by atoms with Gasteiger partial charge in [-0.2, -0.15) is 0 Å². The molecule has 0 bridgehead atoms. The van der Waals surface area contributed by atoms with Crippen molar-refractivity contribution >= 4 is 11.8 Å². The minimum Gasteiger partial charge on any atom is -0.491 e. The standard InChI is InChI=1S/C22H28N2O5/c1-5-27-12-13-28-19-10-7-18(8-11-19)22(26)24-23-21(25)17(4)29-20-9-6-15(2)16(3)14-20/h6-11,14,17H,5,12-13H2,1-4H3,(H,23,25)(H,24,26). The maximum Gasteiger partial charge on any atom is 0.279 e. The van der Waals surface area contributed by atoms with Gasteiger partial charge in [0.2, 0.25) is 0 Å². The molecule has 7 nitrogen and oxygen atoms in total. The smallest absolute Gasteiger partial charge is 0.279 e. The lowest BCUT2D eigenvalue weighted by atomic mass is 10.1. The zero-order valence-corrected chi connectivity index (χ0v) is 17.3. The van der Waals surface area contributed by atoms with Crippen LogP contribution in [0.4, 0.5) is 0 Å². The summed E-state index contributed by atoms with van der Waals surface area (Å²) in [6.45, 7) is 9.10. The Morgan fingerprint density at radius 3 is 2.28 bits per heavy atom. The van der Waals surface area contributed by atoms with E-state index in [-0.39, 0.29) is 0 Å². The Morgan fingerprint density at radius 2 is 1.62 bits per heavy atom. The predicted octanol–water partition coefficient (Wildman–Crippen LogP) is 2.95. The summed E-state index contributed by atoms with van der Waals surface area (Å²) >= 11 is 0. The molecule has 2 N–H and O–H groups in total. The summed E-state index contributed by atoms with van der Waals surface area (Å²) in [5, 5.41) is 0. The first-order valence-corrected chi connectivity index (χ1v) is 9.55. The number of hydrazine groups is 1. The molecule has 2 aromatic carbocycles. The number of rotatable bonds is 9. The van der Waals surface area contributed by atoms with Crippen LogP contribution in [0.1, 0.15) is 35.3 Å². The Bertz CT molecular complexity index is 820. The van der Waals surface area contributed by atoms with Crippen LogP contribution in [0.5, 0.6) is 11.5 Å². The third kappa shape index (κ3) is 7.12. The molecule has 0 spiro atoms. The molecule has 0 heterocycles. The summed E-state index contributed by atoms with van der Waals surface area (Å²) < 4.78 is 16.3. The zero-order chi connectivity index (χ0) is 21.2. The summed E-state index contributed by atoms with van der Waals surface area (Å²) in [4.78, 5) is 24.4. The molecule has 0 aliphatic heterocycles. The summed E-state index contributed by atoms with van der Waals surface area (Å²) in [7, 11) is 0. The van der Waals surface area contributed by atoms with Crippen LogP contribution < -0.4 is 20.3 Å². The van der Waals surface area contributed by atoms with Gasteiger partial charge in [0.05, 0.1) is 6.61 Å². The van der Waals surface area contributed by atoms with Gasteiger partial charge in [0.25, 0.3) is 11.8 Å². The van der Waals surface area contributed by atoms with Gasteiger partial charge in [-0.25, -0.2) is 0 Å². The van der Waals surface area contributed by atoms with Gasteiger partial charge in [0.1, 0.15) is 18.1 Å². The van der Waals surface area contributed by atoms with Crippen molar-refractivity contribution in [1.29, 1.82) is 0 Å². The van der Waals surface area contributed by atoms with E-state index in [0.717, 1.165) is 11.1 Å². The van der Waals surface area contributed by atoms with Crippen LogP contribution in [0.25, 0.3) is 0 Å². The largest absolute Gasteiger partial charge is 0.491 e. The molecule has 0 saturated heterocycles. The van der Waals surface area contributed by atoms with E-state index in [1.165, 1.54) is 0 Å². The Hall–Kier alpha value is -3.06. The van der Waals surface area contributed by atoms with Crippen LogP contribution in [0.3, 0.4) is 0 Å². The fraction of sp³-hybridized carbons (Fsp3) is 0.364. The summed E-state index contributed by atoms with van der Waals surface area (Å²) in [5.74, 6) is 0.354. The topological polar surface area (TPSA) is 85.9 Å². The van der Waals surface area contributed by atoms with Crippen molar-refractivity contribution in [1.82, 2.24) is 10.9 Å². The molecule has 0 aliphatic rings. The molecule has 1 atom stereocenters. The van der Waals surface area contributed by atoms with Crippen LogP contribution >= 0.6 is 0 Å². The second-order valence-electron chi connectivity index (χ2n) is 6.52. The van der Waals surface area contributed by atoms with Gasteiger partial charge in [0, 0.05) is 12.2 Å². The number of carbonyl (C=O) groups excluding carboxylic acids is 2. The lowest BCUT2D eigenvalue weighted by Crippen LogP contribution is -2.47. The SMILES string of the molecule is CCOCCOc1ccc(C(=O)NNC(=O)C(C)Oc2ccc(C)c(C)c2)cc1. The lowest BCUT2D eigenvalue weighted by molar-refractivity contribution is -0.128. The van der Waals surface area contributed by atoms with Crippen LogP contribution in [-0.4, -0.2) is 37.7 Å². The average Bonchev–Trinajstić information content (AvgIpc) is 2.72. The number of amides is 2. The van der Waals surface area contributed by atoms with E-state index in [0.29, 0.717) is 36.9 Å². The molecule has 29 heavy (non-hydrogen) atoms. The molecule has 2 amide bonds. The van der Waals surface area contributed by atoms with E-state index in [9.17, 15) is 9.59 Å². The van der Waals surface area contributed by atoms with Crippen molar-refractivity contribution in [3.8, 4) is 11.5 Å². The minimum atomic E-state index is -0.765. The highest BCUT2D eigenvalue weighted by molar-refractivity contribution is 5.95. The van der Waals surface area contributed by atoms with Gasteiger partial charge >= 0.3 is 0 Å². The van der Waals surface area contributed by atoms with E-state index in [2.05, 4.69) is 10.9 Å². The Labute approximate surface area is 171 Å². The van der Waals surface area contributed by atoms with Crippen LogP contribution in [0, 0.1) is 13.8 Å². The van der Waals surface area contributed by atoms with Crippen molar-refractivity contribution in [2.45, 2.75) is 33.8 Å². The van der Waals surface area contributed by atoms with Crippen LogP contribution in [-0.2, 0) is 9.53 Å². The maximum atomic E-state index is 12.2. The highest BCUT2D eigenvalue weighted by Crippen LogP contribution is 2.17. The van der Waals surface area contributed by atoms with Crippen LogP contribution in [0.2, 0.25) is 0 Å². The first kappa shape index (κ1) is 22.2. The van der Waals surface area contributed by atoms with E-state index < -0.39 is 17.9 Å². The van der Waals surface area contributed by atoms with Crippen LogP contribution in [0.15, 0.2) is 42.5 Å². The van der Waals surface area contributed by atoms with E-state index in [4.69, 9.17) is 14.2 Å². The fourth-order valence-corrected chi connectivity index (χ4v) is 2.40. The summed E-state index contributed by atoms with van der Waals surface area (Å²) in [6.07, 6.45) is -0.765. The third-order valence-corrected chi connectivity index (χ3v) is 4.28. The molecular weight excluding hydrogens is 372 g/mol. The number of hydrogen-bond donors (Lipinski definition) is 2. The molecule has 0 saturated carbocycles. The van der Waals surface area contributed by atoms with Gasteiger partial charge in [-0.05, 0) is 75.2 Å². The van der Waals surface area contributed by atoms with Gasteiger partial charge in [0.15, 0.2) is 6.10 Å². The van der Waals surface area contributed by atoms with Gasteiger partial charge in [-0.1, -0.05) is 6.07 Å². The number of hydrogen-bond acceptors (Lipinski definition) is 5.